The predicted molar refractivity (Wildman–Crippen MR) is 216 cm³/mol. The Kier molecular flexibility index (Phi) is 10.8. The first-order chi connectivity index (χ1) is 24.0. The number of nitrogens with zero attached hydrogens (tertiary/aromatic N) is 1. The molecule has 0 spiro atoms. The van der Waals surface area contributed by atoms with Gasteiger partial charge in [0.25, 0.3) is 0 Å². The van der Waals surface area contributed by atoms with Crippen molar-refractivity contribution in [3.05, 3.63) is 77.4 Å². The molecule has 3 heterocycles. The van der Waals surface area contributed by atoms with Gasteiger partial charge < -0.3 is 23.1 Å². The van der Waals surface area contributed by atoms with Crippen molar-refractivity contribution in [1.29, 1.82) is 0 Å². The van der Waals surface area contributed by atoms with Crippen molar-refractivity contribution in [3.63, 3.8) is 0 Å². The lowest BCUT2D eigenvalue weighted by Crippen LogP contribution is -2.43. The van der Waals surface area contributed by atoms with Crippen molar-refractivity contribution in [2.75, 3.05) is 32.8 Å². The number of ether oxygens (including phenoxy) is 3. The van der Waals surface area contributed by atoms with E-state index in [1.54, 1.807) is 0 Å². The number of fused-ring (bicyclic) bond motifs is 4. The van der Waals surface area contributed by atoms with E-state index in [4.69, 9.17) is 23.1 Å². The molecule has 0 aliphatic carbocycles. The summed E-state index contributed by atoms with van der Waals surface area (Å²) in [5.41, 5.74) is 5.66. The van der Waals surface area contributed by atoms with Crippen molar-refractivity contribution >= 4 is 27.8 Å². The molecule has 0 bridgehead atoms. The second kappa shape index (κ2) is 14.7. The van der Waals surface area contributed by atoms with E-state index in [2.05, 4.69) is 133 Å². The standard InChI is InChI=1S/C43H61NO5Si2/c1-42(2,3)50(7,8)48-33-20-22-37-38(29-33)46-27-23-36-35-21-19-34(49-51(9,10)43(4,5)6)30-39(35)47-41(40(36)37)31-15-17-32(18-16-31)45-28-26-44-24-13-11-12-14-25-44/h15-22,29-30,41H,11-14,23-28H2,1-10H3/t41-/m0/s1. The van der Waals surface area contributed by atoms with Gasteiger partial charge in [0.05, 0.1) is 6.61 Å². The predicted octanol–water partition coefficient (Wildman–Crippen LogP) is 11.5. The Labute approximate surface area is 309 Å². The van der Waals surface area contributed by atoms with Crippen LogP contribution in [-0.2, 0) is 0 Å². The third kappa shape index (κ3) is 8.39. The molecule has 0 amide bonds. The zero-order chi connectivity index (χ0) is 36.6. The summed E-state index contributed by atoms with van der Waals surface area (Å²) in [7, 11) is -4.07. The number of hydrogen-bond donors (Lipinski definition) is 0. The summed E-state index contributed by atoms with van der Waals surface area (Å²) in [5, 5.41) is 0.187. The SMILES string of the molecule is CC(C)(C)[Si](C)(C)Oc1ccc2c(c1)O[C@@H](c1ccc(OCCN3CCCCCC3)cc1)C1=C2CCOc2cc(O[Si](C)(C)C(C)(C)C)ccc21. The van der Waals surface area contributed by atoms with Crippen molar-refractivity contribution < 1.29 is 23.1 Å². The molecule has 0 saturated carbocycles. The Bertz CT molecular complexity index is 1710. The average Bonchev–Trinajstić information content (AvgIpc) is 3.42. The van der Waals surface area contributed by atoms with E-state index in [-0.39, 0.29) is 16.2 Å². The molecule has 1 saturated heterocycles. The summed E-state index contributed by atoms with van der Waals surface area (Å²) in [6.45, 7) is 27.4. The first kappa shape index (κ1) is 37.5. The van der Waals surface area contributed by atoms with Crippen LogP contribution in [0.25, 0.3) is 11.1 Å². The molecule has 8 heteroatoms. The Balaban J connectivity index is 1.34. The molecule has 0 N–H and O–H groups in total. The van der Waals surface area contributed by atoms with Crippen LogP contribution >= 0.6 is 0 Å². The molecular formula is C43H61NO5Si2. The van der Waals surface area contributed by atoms with Gasteiger partial charge >= 0.3 is 0 Å². The number of hydrogen-bond acceptors (Lipinski definition) is 6. The molecule has 0 radical (unpaired) electrons. The fraction of sp³-hybridized carbons (Fsp3) is 0.535. The number of benzene rings is 3. The third-order valence-electron chi connectivity index (χ3n) is 11.9. The number of rotatable bonds is 9. The van der Waals surface area contributed by atoms with Gasteiger partial charge in [0.1, 0.15) is 41.5 Å². The molecule has 0 aromatic heterocycles. The second-order valence-electron chi connectivity index (χ2n) is 17.7. The van der Waals surface area contributed by atoms with E-state index in [0.29, 0.717) is 13.2 Å². The average molecular weight is 728 g/mol. The molecule has 3 aliphatic rings. The summed E-state index contributed by atoms with van der Waals surface area (Å²) in [6.07, 6.45) is 5.72. The Morgan fingerprint density at radius 1 is 0.686 bits per heavy atom. The molecule has 0 unspecified atom stereocenters. The lowest BCUT2D eigenvalue weighted by molar-refractivity contribution is 0.214. The summed E-state index contributed by atoms with van der Waals surface area (Å²) in [4.78, 5) is 2.54. The van der Waals surface area contributed by atoms with Crippen LogP contribution in [0.4, 0.5) is 0 Å². The lowest BCUT2D eigenvalue weighted by atomic mass is 9.84. The highest BCUT2D eigenvalue weighted by molar-refractivity contribution is 6.75. The van der Waals surface area contributed by atoms with Crippen LogP contribution in [0.1, 0.15) is 96.4 Å². The van der Waals surface area contributed by atoms with Gasteiger partial charge in [0, 0.05) is 41.8 Å². The van der Waals surface area contributed by atoms with Crippen LogP contribution in [0.3, 0.4) is 0 Å². The fourth-order valence-corrected chi connectivity index (χ4v) is 8.71. The monoisotopic (exact) mass is 727 g/mol. The van der Waals surface area contributed by atoms with E-state index in [0.717, 1.165) is 64.0 Å². The summed E-state index contributed by atoms with van der Waals surface area (Å²) in [6, 6.07) is 21.3. The maximum Gasteiger partial charge on any atom is 0.250 e. The molecule has 1 fully saturated rings. The summed E-state index contributed by atoms with van der Waals surface area (Å²) < 4.78 is 33.3. The van der Waals surface area contributed by atoms with Gasteiger partial charge in [0.15, 0.2) is 0 Å². The van der Waals surface area contributed by atoms with E-state index >= 15 is 0 Å². The van der Waals surface area contributed by atoms with E-state index in [9.17, 15) is 0 Å². The van der Waals surface area contributed by atoms with Crippen LogP contribution in [0.2, 0.25) is 36.3 Å². The number of likely N-dealkylation sites (tertiary alicyclic amines) is 1. The van der Waals surface area contributed by atoms with Crippen molar-refractivity contribution in [3.8, 4) is 28.7 Å². The molecule has 51 heavy (non-hydrogen) atoms. The van der Waals surface area contributed by atoms with Crippen LogP contribution < -0.4 is 23.1 Å². The maximum absolute atomic E-state index is 7.06. The van der Waals surface area contributed by atoms with Crippen molar-refractivity contribution in [2.24, 2.45) is 0 Å². The normalized spacial score (nSPS) is 18.7. The first-order valence-corrected chi connectivity index (χ1v) is 25.0. The first-order valence-electron chi connectivity index (χ1n) is 19.2. The smallest absolute Gasteiger partial charge is 0.250 e. The lowest BCUT2D eigenvalue weighted by Gasteiger charge is -2.37. The zero-order valence-corrected chi connectivity index (χ0v) is 34.9. The Morgan fingerprint density at radius 2 is 1.24 bits per heavy atom. The van der Waals surface area contributed by atoms with E-state index in [1.165, 1.54) is 44.3 Å². The molecule has 276 valence electrons. The molecule has 1 atom stereocenters. The van der Waals surface area contributed by atoms with Crippen LogP contribution in [0.5, 0.6) is 28.7 Å². The third-order valence-corrected chi connectivity index (χ3v) is 20.6. The molecule has 3 aromatic carbocycles. The van der Waals surface area contributed by atoms with Crippen molar-refractivity contribution in [2.45, 2.75) is 116 Å². The second-order valence-corrected chi connectivity index (χ2v) is 27.2. The van der Waals surface area contributed by atoms with Gasteiger partial charge in [-0.15, -0.1) is 0 Å². The quantitative estimate of drug-likeness (QED) is 0.205. The summed E-state index contributed by atoms with van der Waals surface area (Å²) in [5.74, 6) is 4.33. The van der Waals surface area contributed by atoms with Crippen LogP contribution in [-0.4, -0.2) is 54.4 Å². The molecular weight excluding hydrogens is 667 g/mol. The highest BCUT2D eigenvalue weighted by Crippen LogP contribution is 2.53. The van der Waals surface area contributed by atoms with Crippen LogP contribution in [0, 0.1) is 0 Å². The highest BCUT2D eigenvalue weighted by Gasteiger charge is 2.41. The minimum atomic E-state index is -2.04. The van der Waals surface area contributed by atoms with Gasteiger partial charge in [-0.3, -0.25) is 4.90 Å². The minimum absolute atomic E-state index is 0.0916. The van der Waals surface area contributed by atoms with Gasteiger partial charge in [-0.05, 0) is 110 Å². The van der Waals surface area contributed by atoms with Crippen LogP contribution in [0.15, 0.2) is 60.7 Å². The summed E-state index contributed by atoms with van der Waals surface area (Å²) >= 11 is 0. The van der Waals surface area contributed by atoms with E-state index in [1.807, 2.05) is 0 Å². The largest absolute Gasteiger partial charge is 0.543 e. The maximum atomic E-state index is 7.06. The topological polar surface area (TPSA) is 49.4 Å². The van der Waals surface area contributed by atoms with Gasteiger partial charge in [-0.2, -0.15) is 0 Å². The molecule has 6 rings (SSSR count). The molecule has 3 aromatic rings. The highest BCUT2D eigenvalue weighted by atomic mass is 28.4. The van der Waals surface area contributed by atoms with Gasteiger partial charge in [-0.1, -0.05) is 66.5 Å². The van der Waals surface area contributed by atoms with Gasteiger partial charge in [-0.25, -0.2) is 0 Å². The Morgan fingerprint density at radius 3 is 1.82 bits per heavy atom. The van der Waals surface area contributed by atoms with E-state index < -0.39 is 16.6 Å². The minimum Gasteiger partial charge on any atom is -0.543 e. The van der Waals surface area contributed by atoms with Gasteiger partial charge in [0.2, 0.25) is 16.6 Å². The van der Waals surface area contributed by atoms with Crippen molar-refractivity contribution in [1.82, 2.24) is 4.90 Å². The molecule has 3 aliphatic heterocycles. The molecule has 6 nitrogen and oxygen atoms in total. The Hall–Kier alpha value is -3.21. The zero-order valence-electron chi connectivity index (χ0n) is 32.9. The fourth-order valence-electron chi connectivity index (χ4n) is 6.67.